The third-order valence-corrected chi connectivity index (χ3v) is 3.51. The summed E-state index contributed by atoms with van der Waals surface area (Å²) in [6.45, 7) is 2.92. The fourth-order valence-electron chi connectivity index (χ4n) is 2.45. The highest BCUT2D eigenvalue weighted by molar-refractivity contribution is 5.10. The third kappa shape index (κ3) is 2.30. The van der Waals surface area contributed by atoms with Crippen LogP contribution in [0.5, 0.6) is 0 Å². The van der Waals surface area contributed by atoms with Crippen molar-refractivity contribution < 1.29 is 4.74 Å². The molecule has 2 aliphatic rings. The van der Waals surface area contributed by atoms with Gasteiger partial charge in [0.1, 0.15) is 0 Å². The van der Waals surface area contributed by atoms with Crippen molar-refractivity contribution in [2.75, 3.05) is 13.2 Å². The van der Waals surface area contributed by atoms with Gasteiger partial charge in [0.05, 0.1) is 6.10 Å². The minimum atomic E-state index is 0.448. The lowest BCUT2D eigenvalue weighted by Crippen LogP contribution is -2.26. The Morgan fingerprint density at radius 2 is 2.31 bits per heavy atom. The van der Waals surface area contributed by atoms with E-state index in [0.29, 0.717) is 6.10 Å². The van der Waals surface area contributed by atoms with Gasteiger partial charge in [-0.15, -0.1) is 0 Å². The van der Waals surface area contributed by atoms with Crippen LogP contribution in [-0.2, 0) is 11.3 Å². The van der Waals surface area contributed by atoms with Gasteiger partial charge in [-0.1, -0.05) is 0 Å². The molecule has 1 N–H and O–H groups in total. The van der Waals surface area contributed by atoms with Crippen LogP contribution in [0.25, 0.3) is 0 Å². The van der Waals surface area contributed by atoms with Crippen molar-refractivity contribution in [1.82, 2.24) is 9.88 Å². The first-order chi connectivity index (χ1) is 7.93. The van der Waals surface area contributed by atoms with Crippen molar-refractivity contribution in [2.24, 2.45) is 0 Å². The third-order valence-electron chi connectivity index (χ3n) is 3.51. The summed E-state index contributed by atoms with van der Waals surface area (Å²) in [5, 5.41) is 3.51. The Morgan fingerprint density at radius 1 is 1.38 bits per heavy atom. The van der Waals surface area contributed by atoms with Gasteiger partial charge >= 0.3 is 0 Å². The Hall–Kier alpha value is -0.800. The summed E-state index contributed by atoms with van der Waals surface area (Å²) in [5.41, 5.74) is 1.42. The van der Waals surface area contributed by atoms with E-state index in [4.69, 9.17) is 4.74 Å². The molecule has 3 nitrogen and oxygen atoms in total. The first-order valence-electron chi connectivity index (χ1n) is 6.41. The molecule has 1 saturated carbocycles. The number of nitrogens with one attached hydrogen (secondary N) is 1. The standard InChI is InChI=1S/C13H20N2O/c1-3-12(15(7-1)11-5-6-11)9-14-10-13-4-2-8-16-13/h1,3,7,11,13-14H,2,4-6,8-10H2. The average Bonchev–Trinajstić information content (AvgIpc) is 2.82. The summed E-state index contributed by atoms with van der Waals surface area (Å²) in [7, 11) is 0. The summed E-state index contributed by atoms with van der Waals surface area (Å²) in [5.74, 6) is 0. The molecule has 1 saturated heterocycles. The average molecular weight is 220 g/mol. The highest BCUT2D eigenvalue weighted by Crippen LogP contribution is 2.35. The maximum atomic E-state index is 5.59. The van der Waals surface area contributed by atoms with Gasteiger partial charge in [-0.3, -0.25) is 0 Å². The number of aromatic nitrogens is 1. The van der Waals surface area contributed by atoms with Crippen LogP contribution in [0.2, 0.25) is 0 Å². The molecular formula is C13H20N2O. The summed E-state index contributed by atoms with van der Waals surface area (Å²) < 4.78 is 8.01. The molecule has 0 aromatic carbocycles. The molecule has 0 radical (unpaired) electrons. The molecular weight excluding hydrogens is 200 g/mol. The van der Waals surface area contributed by atoms with E-state index in [1.807, 2.05) is 0 Å². The zero-order chi connectivity index (χ0) is 10.8. The first kappa shape index (κ1) is 10.4. The van der Waals surface area contributed by atoms with Crippen LogP contribution in [0, 0.1) is 0 Å². The normalized spacial score (nSPS) is 25.1. The first-order valence-corrected chi connectivity index (χ1v) is 6.41. The predicted octanol–water partition coefficient (Wildman–Crippen LogP) is 2.09. The van der Waals surface area contributed by atoms with Crippen LogP contribution in [-0.4, -0.2) is 23.8 Å². The van der Waals surface area contributed by atoms with Crippen molar-refractivity contribution in [3.8, 4) is 0 Å². The van der Waals surface area contributed by atoms with E-state index in [1.165, 1.54) is 31.4 Å². The summed E-state index contributed by atoms with van der Waals surface area (Å²) in [4.78, 5) is 0. The van der Waals surface area contributed by atoms with Crippen LogP contribution in [0.15, 0.2) is 18.3 Å². The zero-order valence-corrected chi connectivity index (χ0v) is 9.69. The van der Waals surface area contributed by atoms with Crippen molar-refractivity contribution in [2.45, 2.75) is 44.4 Å². The molecule has 88 valence electrons. The van der Waals surface area contributed by atoms with Crippen LogP contribution in [0.4, 0.5) is 0 Å². The van der Waals surface area contributed by atoms with Crippen molar-refractivity contribution in [1.29, 1.82) is 0 Å². The Morgan fingerprint density at radius 3 is 3.06 bits per heavy atom. The minimum absolute atomic E-state index is 0.448. The van der Waals surface area contributed by atoms with Gasteiger partial charge in [0.25, 0.3) is 0 Å². The molecule has 1 aromatic heterocycles. The van der Waals surface area contributed by atoms with Crippen molar-refractivity contribution in [3.05, 3.63) is 24.0 Å². The lowest BCUT2D eigenvalue weighted by Gasteiger charge is -2.12. The van der Waals surface area contributed by atoms with Crippen LogP contribution >= 0.6 is 0 Å². The molecule has 3 rings (SSSR count). The largest absolute Gasteiger partial charge is 0.377 e. The van der Waals surface area contributed by atoms with E-state index < -0.39 is 0 Å². The van der Waals surface area contributed by atoms with E-state index in [1.54, 1.807) is 0 Å². The smallest absolute Gasteiger partial charge is 0.0700 e. The minimum Gasteiger partial charge on any atom is -0.377 e. The Balaban J connectivity index is 1.48. The van der Waals surface area contributed by atoms with Gasteiger partial charge in [0, 0.05) is 37.6 Å². The molecule has 1 aromatic rings. The van der Waals surface area contributed by atoms with Gasteiger partial charge in [0.15, 0.2) is 0 Å². The predicted molar refractivity (Wildman–Crippen MR) is 63.4 cm³/mol. The second-order valence-corrected chi connectivity index (χ2v) is 4.90. The van der Waals surface area contributed by atoms with Crippen LogP contribution < -0.4 is 5.32 Å². The van der Waals surface area contributed by atoms with E-state index in [0.717, 1.165) is 25.7 Å². The fourth-order valence-corrected chi connectivity index (χ4v) is 2.45. The number of hydrogen-bond donors (Lipinski definition) is 1. The summed E-state index contributed by atoms with van der Waals surface area (Å²) >= 11 is 0. The monoisotopic (exact) mass is 220 g/mol. The molecule has 1 unspecified atom stereocenters. The number of ether oxygens (including phenoxy) is 1. The van der Waals surface area contributed by atoms with Gasteiger partial charge in [0.2, 0.25) is 0 Å². The molecule has 2 heterocycles. The van der Waals surface area contributed by atoms with E-state index in [9.17, 15) is 0 Å². The van der Waals surface area contributed by atoms with Crippen molar-refractivity contribution in [3.63, 3.8) is 0 Å². The number of hydrogen-bond acceptors (Lipinski definition) is 2. The van der Waals surface area contributed by atoms with Crippen LogP contribution in [0.3, 0.4) is 0 Å². The second-order valence-electron chi connectivity index (χ2n) is 4.90. The molecule has 1 atom stereocenters. The fraction of sp³-hybridized carbons (Fsp3) is 0.692. The molecule has 0 spiro atoms. The van der Waals surface area contributed by atoms with Crippen molar-refractivity contribution >= 4 is 0 Å². The SMILES string of the molecule is c1cc(CNCC2CCCO2)n(C2CC2)c1. The zero-order valence-electron chi connectivity index (χ0n) is 9.69. The molecule has 0 bridgehead atoms. The van der Waals surface area contributed by atoms with E-state index >= 15 is 0 Å². The highest BCUT2D eigenvalue weighted by atomic mass is 16.5. The maximum Gasteiger partial charge on any atom is 0.0700 e. The quantitative estimate of drug-likeness (QED) is 0.822. The van der Waals surface area contributed by atoms with Crippen LogP contribution in [0.1, 0.15) is 37.4 Å². The molecule has 16 heavy (non-hydrogen) atoms. The lowest BCUT2D eigenvalue weighted by atomic mass is 10.2. The molecule has 1 aliphatic carbocycles. The molecule has 2 fully saturated rings. The Bertz CT molecular complexity index is 337. The molecule has 0 amide bonds. The molecule has 1 aliphatic heterocycles. The van der Waals surface area contributed by atoms with Gasteiger partial charge in [-0.2, -0.15) is 0 Å². The van der Waals surface area contributed by atoms with Gasteiger partial charge in [-0.25, -0.2) is 0 Å². The Kier molecular flexibility index (Phi) is 2.98. The number of nitrogens with zero attached hydrogens (tertiary/aromatic N) is 1. The Labute approximate surface area is 96.8 Å². The van der Waals surface area contributed by atoms with Gasteiger partial charge in [-0.05, 0) is 37.8 Å². The van der Waals surface area contributed by atoms with E-state index in [-0.39, 0.29) is 0 Å². The molecule has 3 heteroatoms. The summed E-state index contributed by atoms with van der Waals surface area (Å²) in [6.07, 6.45) is 7.81. The maximum absolute atomic E-state index is 5.59. The lowest BCUT2D eigenvalue weighted by molar-refractivity contribution is 0.110. The second kappa shape index (κ2) is 4.60. The summed E-state index contributed by atoms with van der Waals surface area (Å²) in [6, 6.07) is 5.16. The topological polar surface area (TPSA) is 26.2 Å². The van der Waals surface area contributed by atoms with Gasteiger partial charge < -0.3 is 14.6 Å². The highest BCUT2D eigenvalue weighted by Gasteiger charge is 2.24. The van der Waals surface area contributed by atoms with E-state index in [2.05, 4.69) is 28.2 Å². The number of rotatable bonds is 5.